The van der Waals surface area contributed by atoms with Crippen molar-refractivity contribution in [2.75, 3.05) is 26.2 Å². The topological polar surface area (TPSA) is 82.3 Å². The standard InChI is InChI=1S/C15H27N5O2/c1-11(2)18-15(21)16-5-4-14-10-20(6-7-22-14)9-13-8-17-12(3)19-13/h8,11,14H,4-7,9-10H2,1-3H3,(H,17,19)(H2,16,18,21)/t14-/m0/s1. The molecule has 1 atom stereocenters. The third kappa shape index (κ3) is 5.65. The first-order valence-electron chi connectivity index (χ1n) is 7.91. The highest BCUT2D eigenvalue weighted by Crippen LogP contribution is 2.11. The second-order valence-corrected chi connectivity index (χ2v) is 6.07. The highest BCUT2D eigenvalue weighted by molar-refractivity contribution is 5.73. The van der Waals surface area contributed by atoms with E-state index in [1.165, 1.54) is 0 Å². The molecule has 1 saturated heterocycles. The van der Waals surface area contributed by atoms with Crippen LogP contribution in [0.3, 0.4) is 0 Å². The fourth-order valence-electron chi connectivity index (χ4n) is 2.55. The van der Waals surface area contributed by atoms with Gasteiger partial charge in [-0.2, -0.15) is 0 Å². The molecule has 3 N–H and O–H groups in total. The van der Waals surface area contributed by atoms with Gasteiger partial charge in [-0.05, 0) is 27.2 Å². The molecule has 2 rings (SSSR count). The number of H-pyrrole nitrogens is 1. The van der Waals surface area contributed by atoms with Crippen molar-refractivity contribution in [3.63, 3.8) is 0 Å². The van der Waals surface area contributed by atoms with Gasteiger partial charge in [0.25, 0.3) is 0 Å². The summed E-state index contributed by atoms with van der Waals surface area (Å²) < 4.78 is 5.77. The highest BCUT2D eigenvalue weighted by Gasteiger charge is 2.20. The van der Waals surface area contributed by atoms with Crippen LogP contribution in [0, 0.1) is 6.92 Å². The number of carbonyl (C=O) groups is 1. The summed E-state index contributed by atoms with van der Waals surface area (Å²) in [5.41, 5.74) is 1.13. The maximum absolute atomic E-state index is 11.5. The fourth-order valence-corrected chi connectivity index (χ4v) is 2.55. The summed E-state index contributed by atoms with van der Waals surface area (Å²) in [4.78, 5) is 21.4. The Hall–Kier alpha value is -1.60. The Morgan fingerprint density at radius 1 is 1.59 bits per heavy atom. The molecule has 0 aromatic carbocycles. The molecule has 7 nitrogen and oxygen atoms in total. The molecule has 0 unspecified atom stereocenters. The number of urea groups is 1. The van der Waals surface area contributed by atoms with Gasteiger partial charge < -0.3 is 20.4 Å². The van der Waals surface area contributed by atoms with Gasteiger partial charge in [0.15, 0.2) is 0 Å². The van der Waals surface area contributed by atoms with E-state index in [0.29, 0.717) is 6.54 Å². The molecule has 2 amide bonds. The van der Waals surface area contributed by atoms with Crippen molar-refractivity contribution in [2.24, 2.45) is 0 Å². The zero-order valence-electron chi connectivity index (χ0n) is 13.7. The Morgan fingerprint density at radius 2 is 2.41 bits per heavy atom. The molecule has 7 heteroatoms. The van der Waals surface area contributed by atoms with Crippen molar-refractivity contribution in [3.8, 4) is 0 Å². The Bertz CT molecular complexity index is 474. The molecule has 0 saturated carbocycles. The summed E-state index contributed by atoms with van der Waals surface area (Å²) in [5, 5.41) is 5.68. The molecule has 1 aliphatic rings. The van der Waals surface area contributed by atoms with Crippen LogP contribution in [0.4, 0.5) is 4.79 Å². The molecule has 2 heterocycles. The van der Waals surface area contributed by atoms with Crippen LogP contribution in [-0.4, -0.2) is 59.3 Å². The first kappa shape index (κ1) is 16.8. The second-order valence-electron chi connectivity index (χ2n) is 6.07. The third-order valence-electron chi connectivity index (χ3n) is 3.54. The van der Waals surface area contributed by atoms with Gasteiger partial charge in [0.2, 0.25) is 0 Å². The van der Waals surface area contributed by atoms with E-state index in [4.69, 9.17) is 4.74 Å². The molecule has 0 radical (unpaired) electrons. The number of ether oxygens (including phenoxy) is 1. The van der Waals surface area contributed by atoms with E-state index in [0.717, 1.165) is 44.2 Å². The quantitative estimate of drug-likeness (QED) is 0.732. The number of hydrogen-bond acceptors (Lipinski definition) is 4. The molecule has 1 aliphatic heterocycles. The van der Waals surface area contributed by atoms with E-state index in [9.17, 15) is 4.79 Å². The number of imidazole rings is 1. The number of amides is 2. The van der Waals surface area contributed by atoms with Gasteiger partial charge in [0.05, 0.1) is 12.7 Å². The number of nitrogens with one attached hydrogen (secondary N) is 3. The molecule has 1 fully saturated rings. The Kier molecular flexibility index (Phi) is 6.21. The smallest absolute Gasteiger partial charge is 0.314 e. The van der Waals surface area contributed by atoms with E-state index in [-0.39, 0.29) is 18.2 Å². The van der Waals surface area contributed by atoms with Gasteiger partial charge in [-0.25, -0.2) is 9.78 Å². The SMILES string of the molecule is Cc1ncc(CN2CCO[C@@H](CCNC(=O)NC(C)C)C2)[nH]1. The zero-order chi connectivity index (χ0) is 15.9. The lowest BCUT2D eigenvalue weighted by Crippen LogP contribution is -2.45. The number of aromatic amines is 1. The number of aromatic nitrogens is 2. The predicted octanol–water partition coefficient (Wildman–Crippen LogP) is 1.02. The molecular weight excluding hydrogens is 282 g/mol. The number of nitrogens with zero attached hydrogens (tertiary/aromatic N) is 2. The molecule has 22 heavy (non-hydrogen) atoms. The van der Waals surface area contributed by atoms with Crippen molar-refractivity contribution < 1.29 is 9.53 Å². The van der Waals surface area contributed by atoms with E-state index in [1.54, 1.807) is 0 Å². The van der Waals surface area contributed by atoms with Crippen molar-refractivity contribution in [2.45, 2.75) is 45.9 Å². The lowest BCUT2D eigenvalue weighted by atomic mass is 10.2. The number of morpholine rings is 1. The van der Waals surface area contributed by atoms with Crippen molar-refractivity contribution >= 4 is 6.03 Å². The first-order chi connectivity index (χ1) is 10.5. The van der Waals surface area contributed by atoms with E-state index in [1.807, 2.05) is 27.0 Å². The van der Waals surface area contributed by atoms with Crippen LogP contribution in [0.5, 0.6) is 0 Å². The Labute approximate surface area is 131 Å². The maximum Gasteiger partial charge on any atom is 0.314 e. The van der Waals surface area contributed by atoms with Crippen molar-refractivity contribution in [1.29, 1.82) is 0 Å². The summed E-state index contributed by atoms with van der Waals surface area (Å²) in [5.74, 6) is 0.945. The van der Waals surface area contributed by atoms with E-state index < -0.39 is 0 Å². The Morgan fingerprint density at radius 3 is 3.09 bits per heavy atom. The normalized spacial score (nSPS) is 19.4. The van der Waals surface area contributed by atoms with Gasteiger partial charge in [0.1, 0.15) is 5.82 Å². The first-order valence-corrected chi connectivity index (χ1v) is 7.91. The third-order valence-corrected chi connectivity index (χ3v) is 3.54. The highest BCUT2D eigenvalue weighted by atomic mass is 16.5. The monoisotopic (exact) mass is 309 g/mol. The summed E-state index contributed by atoms with van der Waals surface area (Å²) in [6.07, 6.45) is 2.87. The summed E-state index contributed by atoms with van der Waals surface area (Å²) in [6, 6.07) is 0.0369. The fraction of sp³-hybridized carbons (Fsp3) is 0.733. The maximum atomic E-state index is 11.5. The van der Waals surface area contributed by atoms with Gasteiger partial charge in [-0.1, -0.05) is 0 Å². The van der Waals surface area contributed by atoms with Gasteiger partial charge in [-0.15, -0.1) is 0 Å². The lowest BCUT2D eigenvalue weighted by molar-refractivity contribution is -0.0344. The molecule has 0 aliphatic carbocycles. The molecule has 0 spiro atoms. The van der Waals surface area contributed by atoms with Crippen molar-refractivity contribution in [3.05, 3.63) is 17.7 Å². The molecule has 124 valence electrons. The zero-order valence-corrected chi connectivity index (χ0v) is 13.7. The largest absolute Gasteiger partial charge is 0.375 e. The molecule has 0 bridgehead atoms. The van der Waals surface area contributed by atoms with Crippen LogP contribution < -0.4 is 10.6 Å². The van der Waals surface area contributed by atoms with Crippen LogP contribution in [-0.2, 0) is 11.3 Å². The van der Waals surface area contributed by atoms with Crippen molar-refractivity contribution in [1.82, 2.24) is 25.5 Å². The van der Waals surface area contributed by atoms with E-state index >= 15 is 0 Å². The minimum absolute atomic E-state index is 0.115. The van der Waals surface area contributed by atoms with Gasteiger partial charge >= 0.3 is 6.03 Å². The van der Waals surface area contributed by atoms with Gasteiger partial charge in [-0.3, -0.25) is 4.90 Å². The Balaban J connectivity index is 1.68. The number of hydrogen-bond donors (Lipinski definition) is 3. The summed E-state index contributed by atoms with van der Waals surface area (Å²) >= 11 is 0. The average molecular weight is 309 g/mol. The van der Waals surface area contributed by atoms with Gasteiger partial charge in [0, 0.05) is 44.1 Å². The lowest BCUT2D eigenvalue weighted by Gasteiger charge is -2.32. The predicted molar refractivity (Wildman–Crippen MR) is 84.6 cm³/mol. The molecule has 1 aromatic rings. The van der Waals surface area contributed by atoms with Crippen LogP contribution in [0.1, 0.15) is 31.8 Å². The molecule has 1 aromatic heterocycles. The number of aryl methyl sites for hydroxylation is 1. The van der Waals surface area contributed by atoms with Crippen LogP contribution in [0.2, 0.25) is 0 Å². The van der Waals surface area contributed by atoms with Crippen LogP contribution in [0.15, 0.2) is 6.20 Å². The minimum atomic E-state index is -0.115. The number of carbonyl (C=O) groups excluding carboxylic acids is 1. The van der Waals surface area contributed by atoms with Crippen LogP contribution >= 0.6 is 0 Å². The summed E-state index contributed by atoms with van der Waals surface area (Å²) in [6.45, 7) is 9.87. The molecular formula is C15H27N5O2. The number of rotatable bonds is 6. The summed E-state index contributed by atoms with van der Waals surface area (Å²) in [7, 11) is 0. The average Bonchev–Trinajstić information content (AvgIpc) is 2.83. The minimum Gasteiger partial charge on any atom is -0.375 e. The van der Waals surface area contributed by atoms with E-state index in [2.05, 4.69) is 25.5 Å². The van der Waals surface area contributed by atoms with Crippen LogP contribution in [0.25, 0.3) is 0 Å². The second kappa shape index (κ2) is 8.14.